The van der Waals surface area contributed by atoms with Crippen molar-refractivity contribution in [3.8, 4) is 0 Å². The molecule has 0 saturated carbocycles. The molecule has 4 rings (SSSR count). The molecule has 1 aliphatic rings. The lowest BCUT2D eigenvalue weighted by atomic mass is 9.80. The number of nitrogens with one attached hydrogen (secondary N) is 1. The minimum Gasteiger partial charge on any atom is -0.378 e. The number of fused-ring (bicyclic) bond motifs is 1. The minimum atomic E-state index is 0.0740. The van der Waals surface area contributed by atoms with Crippen molar-refractivity contribution in [3.05, 3.63) is 96.1 Å². The molecular formula is C25H26N2O. The van der Waals surface area contributed by atoms with Gasteiger partial charge in [0.15, 0.2) is 0 Å². The summed E-state index contributed by atoms with van der Waals surface area (Å²) in [6.07, 6.45) is 0.904. The number of carbonyl (C=O) groups is 1. The first kappa shape index (κ1) is 18.3. The quantitative estimate of drug-likeness (QED) is 0.619. The molecule has 0 aliphatic carbocycles. The molecule has 1 N–H and O–H groups in total. The highest BCUT2D eigenvalue weighted by molar-refractivity contribution is 6.07. The van der Waals surface area contributed by atoms with Gasteiger partial charge in [0.25, 0.3) is 5.91 Å². The Labute approximate surface area is 167 Å². The predicted molar refractivity (Wildman–Crippen MR) is 116 cm³/mol. The Kier molecular flexibility index (Phi) is 5.16. The fraction of sp³-hybridized carbons (Fsp3) is 0.240. The maximum absolute atomic E-state index is 13.4. The van der Waals surface area contributed by atoms with E-state index in [1.807, 2.05) is 59.5 Å². The lowest BCUT2D eigenvalue weighted by Gasteiger charge is -2.45. The van der Waals surface area contributed by atoms with Crippen LogP contribution in [0.5, 0.6) is 0 Å². The number of hydrogen-bond acceptors (Lipinski definition) is 2. The number of benzene rings is 3. The van der Waals surface area contributed by atoms with Crippen LogP contribution in [0, 0.1) is 5.92 Å². The summed E-state index contributed by atoms with van der Waals surface area (Å²) in [6.45, 7) is 4.41. The van der Waals surface area contributed by atoms with Gasteiger partial charge in [-0.05, 0) is 42.3 Å². The van der Waals surface area contributed by atoms with E-state index in [1.54, 1.807) is 0 Å². The molecule has 1 aliphatic heterocycles. The van der Waals surface area contributed by atoms with Gasteiger partial charge < -0.3 is 10.2 Å². The van der Waals surface area contributed by atoms with Gasteiger partial charge >= 0.3 is 0 Å². The number of carbonyl (C=O) groups excluding carboxylic acids is 1. The highest BCUT2D eigenvalue weighted by atomic mass is 16.2. The van der Waals surface area contributed by atoms with E-state index in [2.05, 4.69) is 49.5 Å². The first-order valence-electron chi connectivity index (χ1n) is 9.99. The molecule has 0 fully saturated rings. The molecule has 3 heteroatoms. The highest BCUT2D eigenvalue weighted by Crippen LogP contribution is 2.43. The van der Waals surface area contributed by atoms with E-state index in [1.165, 1.54) is 5.56 Å². The van der Waals surface area contributed by atoms with Crippen molar-refractivity contribution in [1.82, 2.24) is 0 Å². The van der Waals surface area contributed by atoms with Gasteiger partial charge in [-0.25, -0.2) is 0 Å². The Morgan fingerprint density at radius 3 is 2.18 bits per heavy atom. The van der Waals surface area contributed by atoms with Crippen molar-refractivity contribution in [3.63, 3.8) is 0 Å². The second-order valence-electron chi connectivity index (χ2n) is 7.42. The average molecular weight is 370 g/mol. The number of hydrogen-bond donors (Lipinski definition) is 1. The maximum atomic E-state index is 13.4. The van der Waals surface area contributed by atoms with E-state index in [4.69, 9.17) is 0 Å². The van der Waals surface area contributed by atoms with Crippen LogP contribution >= 0.6 is 0 Å². The van der Waals surface area contributed by atoms with E-state index >= 15 is 0 Å². The zero-order chi connectivity index (χ0) is 19.5. The number of nitrogens with zero attached hydrogens (tertiary/aromatic N) is 1. The first-order valence-corrected chi connectivity index (χ1v) is 9.99. The summed E-state index contributed by atoms with van der Waals surface area (Å²) in [6, 6.07) is 28.5. The molecule has 0 bridgehead atoms. The van der Waals surface area contributed by atoms with Crippen molar-refractivity contribution in [2.45, 2.75) is 32.4 Å². The van der Waals surface area contributed by atoms with E-state index < -0.39 is 0 Å². The van der Waals surface area contributed by atoms with Crippen LogP contribution < -0.4 is 10.2 Å². The smallest absolute Gasteiger partial charge is 0.258 e. The summed E-state index contributed by atoms with van der Waals surface area (Å²) in [5.74, 6) is 0.345. The molecule has 3 atom stereocenters. The molecule has 0 spiro atoms. The predicted octanol–water partition coefficient (Wildman–Crippen LogP) is 5.91. The summed E-state index contributed by atoms with van der Waals surface area (Å²) in [5, 5.41) is 3.71. The molecule has 3 nitrogen and oxygen atoms in total. The van der Waals surface area contributed by atoms with E-state index in [9.17, 15) is 4.79 Å². The monoisotopic (exact) mass is 370 g/mol. The van der Waals surface area contributed by atoms with Crippen molar-refractivity contribution in [1.29, 1.82) is 0 Å². The zero-order valence-corrected chi connectivity index (χ0v) is 16.4. The molecule has 3 aromatic carbocycles. The van der Waals surface area contributed by atoms with E-state index in [0.717, 1.165) is 23.4 Å². The van der Waals surface area contributed by atoms with Gasteiger partial charge in [0.1, 0.15) is 0 Å². The molecule has 0 saturated heterocycles. The van der Waals surface area contributed by atoms with Gasteiger partial charge in [0, 0.05) is 28.9 Å². The second kappa shape index (κ2) is 7.89. The molecular weight excluding hydrogens is 344 g/mol. The minimum absolute atomic E-state index is 0.0740. The van der Waals surface area contributed by atoms with Crippen LogP contribution in [-0.4, -0.2) is 11.9 Å². The van der Waals surface area contributed by atoms with Crippen LogP contribution in [0.4, 0.5) is 11.4 Å². The third-order valence-corrected chi connectivity index (χ3v) is 5.75. The summed E-state index contributed by atoms with van der Waals surface area (Å²) < 4.78 is 0. The third kappa shape index (κ3) is 3.29. The molecule has 28 heavy (non-hydrogen) atoms. The number of para-hydroxylation sites is 2. The van der Waals surface area contributed by atoms with Crippen LogP contribution in [0.15, 0.2) is 84.9 Å². The van der Waals surface area contributed by atoms with Gasteiger partial charge in [-0.1, -0.05) is 68.4 Å². The molecule has 1 amide bonds. The van der Waals surface area contributed by atoms with Crippen LogP contribution in [0.1, 0.15) is 42.2 Å². The number of rotatable bonds is 4. The normalized spacial score (nSPS) is 21.1. The van der Waals surface area contributed by atoms with Crippen molar-refractivity contribution < 1.29 is 4.79 Å². The lowest BCUT2D eigenvalue weighted by Crippen LogP contribution is -2.50. The fourth-order valence-corrected chi connectivity index (χ4v) is 4.35. The van der Waals surface area contributed by atoms with Crippen LogP contribution in [0.2, 0.25) is 0 Å². The van der Waals surface area contributed by atoms with Crippen molar-refractivity contribution in [2.75, 3.05) is 10.2 Å². The van der Waals surface area contributed by atoms with E-state index in [0.29, 0.717) is 0 Å². The summed E-state index contributed by atoms with van der Waals surface area (Å²) in [4.78, 5) is 15.5. The van der Waals surface area contributed by atoms with Crippen LogP contribution in [0.3, 0.4) is 0 Å². The number of amides is 1. The largest absolute Gasteiger partial charge is 0.378 e. The van der Waals surface area contributed by atoms with Crippen LogP contribution in [0.25, 0.3) is 0 Å². The van der Waals surface area contributed by atoms with Gasteiger partial charge in [-0.2, -0.15) is 0 Å². The molecule has 0 aromatic heterocycles. The van der Waals surface area contributed by atoms with E-state index in [-0.39, 0.29) is 23.9 Å². The Morgan fingerprint density at radius 2 is 1.50 bits per heavy atom. The van der Waals surface area contributed by atoms with Crippen molar-refractivity contribution in [2.24, 2.45) is 5.92 Å². The average Bonchev–Trinajstić information content (AvgIpc) is 2.76. The SMILES string of the molecule is CC[C@@H]1[C@H](C)[C@H](Nc2ccccc2)c2ccccc2N1C(=O)c1ccccc1. The molecule has 3 aromatic rings. The van der Waals surface area contributed by atoms with Crippen LogP contribution in [-0.2, 0) is 0 Å². The molecule has 1 heterocycles. The Morgan fingerprint density at radius 1 is 0.893 bits per heavy atom. The fourth-order valence-electron chi connectivity index (χ4n) is 4.35. The molecule has 0 unspecified atom stereocenters. The lowest BCUT2D eigenvalue weighted by molar-refractivity contribution is 0.0960. The van der Waals surface area contributed by atoms with Gasteiger partial charge in [-0.3, -0.25) is 4.79 Å². The topological polar surface area (TPSA) is 32.3 Å². The third-order valence-electron chi connectivity index (χ3n) is 5.75. The summed E-state index contributed by atoms with van der Waals surface area (Å²) in [5.41, 5.74) is 4.02. The second-order valence-corrected chi connectivity index (χ2v) is 7.42. The maximum Gasteiger partial charge on any atom is 0.258 e. The Bertz CT molecular complexity index is 939. The molecule has 0 radical (unpaired) electrons. The van der Waals surface area contributed by atoms with Gasteiger partial charge in [-0.15, -0.1) is 0 Å². The Hall–Kier alpha value is -3.07. The summed E-state index contributed by atoms with van der Waals surface area (Å²) >= 11 is 0. The number of anilines is 2. The van der Waals surface area contributed by atoms with Crippen molar-refractivity contribution >= 4 is 17.3 Å². The molecule has 142 valence electrons. The standard InChI is InChI=1S/C25H26N2O/c1-3-22-18(2)24(26-20-14-8-5-9-15-20)21-16-10-11-17-23(21)27(22)25(28)19-12-6-4-7-13-19/h4-18,22,24,26H,3H2,1-2H3/t18-,22+,24-/m0/s1. The highest BCUT2D eigenvalue weighted by Gasteiger charge is 2.40. The first-order chi connectivity index (χ1) is 13.7. The Balaban J connectivity index is 1.77. The van der Waals surface area contributed by atoms with Gasteiger partial charge in [0.2, 0.25) is 0 Å². The summed E-state index contributed by atoms with van der Waals surface area (Å²) in [7, 11) is 0. The zero-order valence-electron chi connectivity index (χ0n) is 16.4. The van der Waals surface area contributed by atoms with Gasteiger partial charge in [0.05, 0.1) is 6.04 Å².